The molecule has 1 unspecified atom stereocenters. The first-order valence-corrected chi connectivity index (χ1v) is 6.77. The first-order valence-electron chi connectivity index (χ1n) is 6.77. The number of rotatable bonds is 8. The van der Waals surface area contributed by atoms with Gasteiger partial charge in [0.2, 0.25) is 0 Å². The number of nitrogens with zero attached hydrogens (tertiary/aromatic N) is 1. The Kier molecular flexibility index (Phi) is 4.04. The summed E-state index contributed by atoms with van der Waals surface area (Å²) >= 11 is 0. The minimum Gasteiger partial charge on any atom is -0.315 e. The van der Waals surface area contributed by atoms with E-state index in [1.54, 1.807) is 0 Å². The molecule has 88 valence electrons. The maximum Gasteiger partial charge on any atom is 0.0195 e. The van der Waals surface area contributed by atoms with Crippen molar-refractivity contribution in [1.29, 1.82) is 0 Å². The average molecular weight is 210 g/mol. The van der Waals surface area contributed by atoms with Crippen molar-refractivity contribution >= 4 is 0 Å². The van der Waals surface area contributed by atoms with Crippen LogP contribution in [-0.4, -0.2) is 36.6 Å². The van der Waals surface area contributed by atoms with Gasteiger partial charge in [-0.05, 0) is 51.5 Å². The molecule has 0 radical (unpaired) electrons. The normalized spacial score (nSPS) is 23.4. The van der Waals surface area contributed by atoms with Crippen molar-refractivity contribution in [2.24, 2.45) is 5.92 Å². The zero-order chi connectivity index (χ0) is 10.7. The molecule has 0 aromatic rings. The van der Waals surface area contributed by atoms with E-state index in [0.29, 0.717) is 0 Å². The molecule has 15 heavy (non-hydrogen) atoms. The maximum atomic E-state index is 3.55. The van der Waals surface area contributed by atoms with Crippen molar-refractivity contribution in [3.63, 3.8) is 0 Å². The smallest absolute Gasteiger partial charge is 0.0195 e. The molecule has 1 atom stereocenters. The fourth-order valence-corrected chi connectivity index (χ4v) is 2.30. The summed E-state index contributed by atoms with van der Waals surface area (Å²) in [6, 6.07) is 1.67. The molecule has 0 spiro atoms. The Labute approximate surface area is 94.4 Å². The van der Waals surface area contributed by atoms with Gasteiger partial charge >= 0.3 is 0 Å². The molecule has 2 saturated carbocycles. The van der Waals surface area contributed by atoms with Gasteiger partial charge in [0, 0.05) is 25.2 Å². The lowest BCUT2D eigenvalue weighted by Gasteiger charge is -2.29. The van der Waals surface area contributed by atoms with Gasteiger partial charge in [-0.15, -0.1) is 0 Å². The van der Waals surface area contributed by atoms with E-state index >= 15 is 0 Å². The van der Waals surface area contributed by atoms with E-state index in [0.717, 1.165) is 18.0 Å². The van der Waals surface area contributed by atoms with Crippen molar-refractivity contribution in [2.75, 3.05) is 19.6 Å². The van der Waals surface area contributed by atoms with Gasteiger partial charge in [-0.2, -0.15) is 0 Å². The Morgan fingerprint density at radius 2 is 2.00 bits per heavy atom. The number of nitrogens with one attached hydrogen (secondary N) is 1. The van der Waals surface area contributed by atoms with Gasteiger partial charge < -0.3 is 5.32 Å². The SMILES string of the molecule is CCCNCC(C)N(CC1CC1)C1CC1. The van der Waals surface area contributed by atoms with Gasteiger partial charge in [0.15, 0.2) is 0 Å². The second-order valence-corrected chi connectivity index (χ2v) is 5.42. The molecule has 0 aromatic heterocycles. The molecule has 0 aromatic carbocycles. The van der Waals surface area contributed by atoms with Crippen LogP contribution in [0.1, 0.15) is 46.0 Å². The minimum atomic E-state index is 0.740. The quantitative estimate of drug-likeness (QED) is 0.618. The molecule has 2 aliphatic carbocycles. The second kappa shape index (κ2) is 5.31. The summed E-state index contributed by atoms with van der Waals surface area (Å²) < 4.78 is 0. The third kappa shape index (κ3) is 3.76. The molecule has 0 amide bonds. The monoisotopic (exact) mass is 210 g/mol. The largest absolute Gasteiger partial charge is 0.315 e. The van der Waals surface area contributed by atoms with E-state index in [2.05, 4.69) is 24.1 Å². The van der Waals surface area contributed by atoms with Crippen molar-refractivity contribution < 1.29 is 0 Å². The average Bonchev–Trinajstić information content (AvgIpc) is 3.06. The van der Waals surface area contributed by atoms with Crippen LogP contribution >= 0.6 is 0 Å². The van der Waals surface area contributed by atoms with Crippen molar-refractivity contribution in [1.82, 2.24) is 10.2 Å². The van der Waals surface area contributed by atoms with Crippen LogP contribution in [0, 0.1) is 5.92 Å². The van der Waals surface area contributed by atoms with Gasteiger partial charge in [0.25, 0.3) is 0 Å². The van der Waals surface area contributed by atoms with Gasteiger partial charge in [-0.25, -0.2) is 0 Å². The third-order valence-corrected chi connectivity index (χ3v) is 3.61. The van der Waals surface area contributed by atoms with Crippen LogP contribution in [0.25, 0.3) is 0 Å². The Morgan fingerprint density at radius 1 is 1.27 bits per heavy atom. The van der Waals surface area contributed by atoms with E-state index in [4.69, 9.17) is 0 Å². The second-order valence-electron chi connectivity index (χ2n) is 5.42. The molecule has 2 heteroatoms. The van der Waals surface area contributed by atoms with Crippen LogP contribution in [0.4, 0.5) is 0 Å². The Hall–Kier alpha value is -0.0800. The first-order chi connectivity index (χ1) is 7.31. The molecule has 0 bridgehead atoms. The molecule has 2 rings (SSSR count). The fourth-order valence-electron chi connectivity index (χ4n) is 2.30. The van der Waals surface area contributed by atoms with E-state index in [-0.39, 0.29) is 0 Å². The van der Waals surface area contributed by atoms with Crippen LogP contribution in [0.2, 0.25) is 0 Å². The Bertz CT molecular complexity index is 185. The molecule has 2 nitrogen and oxygen atoms in total. The van der Waals surface area contributed by atoms with E-state index in [9.17, 15) is 0 Å². The fraction of sp³-hybridized carbons (Fsp3) is 1.00. The highest BCUT2D eigenvalue weighted by Crippen LogP contribution is 2.35. The summed E-state index contributed by atoms with van der Waals surface area (Å²) in [5, 5.41) is 3.55. The Balaban J connectivity index is 1.70. The van der Waals surface area contributed by atoms with E-state index in [1.165, 1.54) is 51.7 Å². The highest BCUT2D eigenvalue weighted by Gasteiger charge is 2.35. The van der Waals surface area contributed by atoms with Gasteiger partial charge in [-0.3, -0.25) is 4.90 Å². The van der Waals surface area contributed by atoms with Crippen molar-refractivity contribution in [3.05, 3.63) is 0 Å². The molecule has 2 fully saturated rings. The number of hydrogen-bond acceptors (Lipinski definition) is 2. The first kappa shape index (κ1) is 11.4. The third-order valence-electron chi connectivity index (χ3n) is 3.61. The number of hydrogen-bond donors (Lipinski definition) is 1. The van der Waals surface area contributed by atoms with Crippen LogP contribution in [0.3, 0.4) is 0 Å². The topological polar surface area (TPSA) is 15.3 Å². The lowest BCUT2D eigenvalue weighted by molar-refractivity contribution is 0.186. The van der Waals surface area contributed by atoms with Crippen molar-refractivity contribution in [3.8, 4) is 0 Å². The highest BCUT2D eigenvalue weighted by molar-refractivity contribution is 4.91. The summed E-state index contributed by atoms with van der Waals surface area (Å²) in [5.74, 6) is 1.04. The molecule has 0 aliphatic heterocycles. The van der Waals surface area contributed by atoms with E-state index < -0.39 is 0 Å². The zero-order valence-electron chi connectivity index (χ0n) is 10.3. The van der Waals surface area contributed by atoms with Crippen LogP contribution in [0.15, 0.2) is 0 Å². The predicted octanol–water partition coefficient (Wildman–Crippen LogP) is 2.25. The van der Waals surface area contributed by atoms with Gasteiger partial charge in [-0.1, -0.05) is 6.92 Å². The van der Waals surface area contributed by atoms with E-state index in [1.807, 2.05) is 0 Å². The Morgan fingerprint density at radius 3 is 2.53 bits per heavy atom. The summed E-state index contributed by atoms with van der Waals surface area (Å²) in [6.07, 6.45) is 7.12. The summed E-state index contributed by atoms with van der Waals surface area (Å²) in [4.78, 5) is 2.76. The van der Waals surface area contributed by atoms with Crippen molar-refractivity contribution in [2.45, 2.75) is 58.0 Å². The lowest BCUT2D eigenvalue weighted by Crippen LogP contribution is -2.43. The molecule has 0 heterocycles. The summed E-state index contributed by atoms with van der Waals surface area (Å²) in [7, 11) is 0. The molecule has 1 N–H and O–H groups in total. The van der Waals surface area contributed by atoms with Crippen LogP contribution in [-0.2, 0) is 0 Å². The maximum absolute atomic E-state index is 3.55. The molecular formula is C13H26N2. The van der Waals surface area contributed by atoms with Crippen LogP contribution < -0.4 is 5.32 Å². The highest BCUT2D eigenvalue weighted by atomic mass is 15.2. The van der Waals surface area contributed by atoms with Crippen LogP contribution in [0.5, 0.6) is 0 Å². The minimum absolute atomic E-state index is 0.740. The molecule has 0 saturated heterocycles. The van der Waals surface area contributed by atoms with Gasteiger partial charge in [0.1, 0.15) is 0 Å². The summed E-state index contributed by atoms with van der Waals surface area (Å²) in [5.41, 5.74) is 0. The molecular weight excluding hydrogens is 184 g/mol. The standard InChI is InChI=1S/C13H26N2/c1-3-8-14-9-11(2)15(13-6-7-13)10-12-4-5-12/h11-14H,3-10H2,1-2H3. The lowest BCUT2D eigenvalue weighted by atomic mass is 10.2. The molecule has 2 aliphatic rings. The zero-order valence-corrected chi connectivity index (χ0v) is 10.3. The summed E-state index contributed by atoms with van der Waals surface area (Å²) in [6.45, 7) is 8.35. The predicted molar refractivity (Wildman–Crippen MR) is 65.1 cm³/mol. The van der Waals surface area contributed by atoms with Gasteiger partial charge in [0.05, 0.1) is 0 Å².